The summed E-state index contributed by atoms with van der Waals surface area (Å²) < 4.78 is 6.69. The van der Waals surface area contributed by atoms with Crippen LogP contribution in [0, 0.1) is 5.92 Å². The van der Waals surface area contributed by atoms with E-state index >= 15 is 0 Å². The average Bonchev–Trinajstić information content (AvgIpc) is 2.26. The zero-order valence-electron chi connectivity index (χ0n) is 10.2. The van der Waals surface area contributed by atoms with Gasteiger partial charge < -0.3 is 9.64 Å². The molecule has 0 aromatic carbocycles. The van der Waals surface area contributed by atoms with Crippen molar-refractivity contribution >= 4 is 34.4 Å². The first-order chi connectivity index (χ1) is 8.04. The fourth-order valence-electron chi connectivity index (χ4n) is 1.28. The summed E-state index contributed by atoms with van der Waals surface area (Å²) in [5.41, 5.74) is 0. The van der Waals surface area contributed by atoms with E-state index in [-0.39, 0.29) is 0 Å². The minimum atomic E-state index is 0.321. The van der Waals surface area contributed by atoms with E-state index in [0.29, 0.717) is 12.5 Å². The second-order valence-electron chi connectivity index (χ2n) is 4.00. The fourth-order valence-corrected chi connectivity index (χ4v) is 1.88. The Morgan fingerprint density at radius 1 is 1.59 bits per heavy atom. The zero-order valence-corrected chi connectivity index (χ0v) is 12.7. The lowest BCUT2D eigenvalue weighted by Gasteiger charge is -2.17. The third-order valence-electron chi connectivity index (χ3n) is 2.14. The molecule has 1 atom stereocenters. The van der Waals surface area contributed by atoms with Crippen LogP contribution in [0.4, 0.5) is 5.82 Å². The monoisotopic (exact) mass is 316 g/mol. The second-order valence-corrected chi connectivity index (χ2v) is 5.21. The Balaban J connectivity index is 2.78. The van der Waals surface area contributed by atoms with Crippen molar-refractivity contribution in [1.82, 2.24) is 4.98 Å². The molecule has 0 aliphatic rings. The van der Waals surface area contributed by atoms with Crippen molar-refractivity contribution in [1.29, 1.82) is 0 Å². The van der Waals surface area contributed by atoms with Gasteiger partial charge in [-0.1, -0.05) is 13.0 Å². The van der Waals surface area contributed by atoms with Gasteiger partial charge in [-0.3, -0.25) is 0 Å². The Morgan fingerprint density at radius 2 is 2.29 bits per heavy atom. The Morgan fingerprint density at radius 3 is 2.88 bits per heavy atom. The summed E-state index contributed by atoms with van der Waals surface area (Å²) in [6.45, 7) is 2.68. The summed E-state index contributed by atoms with van der Waals surface area (Å²) in [4.78, 5) is 6.25. The molecule has 3 nitrogen and oxygen atoms in total. The van der Waals surface area contributed by atoms with E-state index < -0.39 is 0 Å². The highest BCUT2D eigenvalue weighted by molar-refractivity contribution is 9.10. The molecule has 17 heavy (non-hydrogen) atoms. The minimum Gasteiger partial charge on any atom is -0.489 e. The van der Waals surface area contributed by atoms with Gasteiger partial charge in [0.2, 0.25) is 0 Å². The molecule has 0 aliphatic heterocycles. The van der Waals surface area contributed by atoms with Crippen molar-refractivity contribution in [2.24, 2.45) is 5.92 Å². The number of aromatic nitrogens is 1. The summed E-state index contributed by atoms with van der Waals surface area (Å²) in [5, 5.41) is 1.74. The van der Waals surface area contributed by atoms with E-state index in [0.717, 1.165) is 16.0 Å². The van der Waals surface area contributed by atoms with Gasteiger partial charge >= 0.3 is 0 Å². The van der Waals surface area contributed by atoms with Crippen LogP contribution >= 0.6 is 28.6 Å². The van der Waals surface area contributed by atoms with Gasteiger partial charge in [-0.15, -0.1) is 0 Å². The van der Waals surface area contributed by atoms with Crippen LogP contribution in [0.5, 0.6) is 5.75 Å². The normalized spacial score (nSPS) is 12.8. The summed E-state index contributed by atoms with van der Waals surface area (Å²) in [6.07, 6.45) is 3.75. The molecule has 94 valence electrons. The van der Waals surface area contributed by atoms with E-state index in [1.54, 1.807) is 11.6 Å². The first kappa shape index (κ1) is 14.4. The number of ether oxygens (including phenoxy) is 1. The standard InChI is InChI=1S/C12H17BrN2OS/c1-9(4-5-17)8-16-11-6-10(13)7-14-12(11)15(2)3/h4-7,9,17H,8H2,1-3H3/b5-4-. The number of hydrogen-bond donors (Lipinski definition) is 1. The SMILES string of the molecule is CC(/C=C\S)COc1cc(Br)cnc1N(C)C. The summed E-state index contributed by atoms with van der Waals surface area (Å²) in [6, 6.07) is 1.93. The van der Waals surface area contributed by atoms with Gasteiger partial charge in [0, 0.05) is 30.7 Å². The topological polar surface area (TPSA) is 25.4 Å². The first-order valence-electron chi connectivity index (χ1n) is 5.31. The lowest BCUT2D eigenvalue weighted by Crippen LogP contribution is -2.14. The van der Waals surface area contributed by atoms with E-state index in [4.69, 9.17) is 4.74 Å². The highest BCUT2D eigenvalue weighted by atomic mass is 79.9. The minimum absolute atomic E-state index is 0.321. The van der Waals surface area contributed by atoms with Crippen molar-refractivity contribution in [3.63, 3.8) is 0 Å². The molecule has 0 radical (unpaired) electrons. The molecule has 0 bridgehead atoms. The molecule has 1 unspecified atom stereocenters. The number of halogens is 1. The molecule has 0 aliphatic carbocycles. The van der Waals surface area contributed by atoms with Crippen molar-refractivity contribution in [2.45, 2.75) is 6.92 Å². The number of pyridine rings is 1. The molecule has 1 aromatic heterocycles. The molecule has 0 spiro atoms. The fraction of sp³-hybridized carbons (Fsp3) is 0.417. The quantitative estimate of drug-likeness (QED) is 0.843. The van der Waals surface area contributed by atoms with Gasteiger partial charge in [0.05, 0.1) is 6.61 Å². The molecule has 0 N–H and O–H groups in total. The number of anilines is 1. The third-order valence-corrected chi connectivity index (χ3v) is 2.75. The van der Waals surface area contributed by atoms with Crippen LogP contribution in [0.25, 0.3) is 0 Å². The number of nitrogens with zero attached hydrogens (tertiary/aromatic N) is 2. The zero-order chi connectivity index (χ0) is 12.8. The maximum atomic E-state index is 5.77. The van der Waals surface area contributed by atoms with Crippen molar-refractivity contribution in [3.05, 3.63) is 28.2 Å². The maximum absolute atomic E-state index is 5.77. The largest absolute Gasteiger partial charge is 0.489 e. The third kappa shape index (κ3) is 4.60. The molecule has 0 amide bonds. The van der Waals surface area contributed by atoms with Gasteiger partial charge in [-0.25, -0.2) is 4.98 Å². The molecule has 1 rings (SSSR count). The maximum Gasteiger partial charge on any atom is 0.170 e. The van der Waals surface area contributed by atoms with Gasteiger partial charge in [0.15, 0.2) is 11.6 Å². The number of hydrogen-bond acceptors (Lipinski definition) is 4. The van der Waals surface area contributed by atoms with Crippen LogP contribution in [0.1, 0.15) is 6.92 Å². The molecule has 5 heteroatoms. The van der Waals surface area contributed by atoms with E-state index in [1.165, 1.54) is 0 Å². The van der Waals surface area contributed by atoms with Crippen LogP contribution in [0.3, 0.4) is 0 Å². The lowest BCUT2D eigenvalue weighted by atomic mass is 10.2. The summed E-state index contributed by atoms with van der Waals surface area (Å²) in [5.74, 6) is 1.93. The van der Waals surface area contributed by atoms with Crippen molar-refractivity contribution in [3.8, 4) is 5.75 Å². The predicted octanol–water partition coefficient (Wildman–Crippen LogP) is 3.37. The molecule has 1 aromatic rings. The van der Waals surface area contributed by atoms with E-state index in [9.17, 15) is 0 Å². The highest BCUT2D eigenvalue weighted by Gasteiger charge is 2.09. The molecule has 0 fully saturated rings. The van der Waals surface area contributed by atoms with Gasteiger partial charge in [-0.05, 0) is 27.4 Å². The second kappa shape index (κ2) is 6.91. The molecule has 1 heterocycles. The molecular formula is C12H17BrN2OS. The van der Waals surface area contributed by atoms with Crippen LogP contribution < -0.4 is 9.64 Å². The molecule has 0 saturated heterocycles. The smallest absolute Gasteiger partial charge is 0.170 e. The van der Waals surface area contributed by atoms with Crippen LogP contribution in [-0.2, 0) is 0 Å². The van der Waals surface area contributed by atoms with Crippen LogP contribution in [0.15, 0.2) is 28.2 Å². The molecule has 0 saturated carbocycles. The summed E-state index contributed by atoms with van der Waals surface area (Å²) in [7, 11) is 3.89. The Bertz CT molecular complexity index is 396. The highest BCUT2D eigenvalue weighted by Crippen LogP contribution is 2.27. The van der Waals surface area contributed by atoms with Crippen molar-refractivity contribution < 1.29 is 4.74 Å². The van der Waals surface area contributed by atoms with Gasteiger partial charge in [0.25, 0.3) is 0 Å². The van der Waals surface area contributed by atoms with E-state index in [1.807, 2.05) is 31.1 Å². The lowest BCUT2D eigenvalue weighted by molar-refractivity contribution is 0.284. The summed E-state index contributed by atoms with van der Waals surface area (Å²) >= 11 is 7.44. The van der Waals surface area contributed by atoms with Gasteiger partial charge in [-0.2, -0.15) is 12.6 Å². The van der Waals surface area contributed by atoms with Crippen LogP contribution in [0.2, 0.25) is 0 Å². The Hall–Kier alpha value is -0.680. The van der Waals surface area contributed by atoms with E-state index in [2.05, 4.69) is 40.5 Å². The first-order valence-corrected chi connectivity index (χ1v) is 6.62. The van der Waals surface area contributed by atoms with Crippen molar-refractivity contribution in [2.75, 3.05) is 25.6 Å². The Labute approximate surface area is 116 Å². The van der Waals surface area contributed by atoms with Crippen LogP contribution in [-0.4, -0.2) is 25.7 Å². The number of thiol groups is 1. The Kier molecular flexibility index (Phi) is 5.85. The average molecular weight is 317 g/mol. The predicted molar refractivity (Wildman–Crippen MR) is 79.0 cm³/mol. The molecular weight excluding hydrogens is 300 g/mol. The number of rotatable bonds is 5. The van der Waals surface area contributed by atoms with Gasteiger partial charge in [0.1, 0.15) is 0 Å².